The number of hydrogen-bond acceptors (Lipinski definition) is 4. The molecule has 2 N–H and O–H groups in total. The maximum absolute atomic E-state index is 12.6. The van der Waals surface area contributed by atoms with Gasteiger partial charge in [0.25, 0.3) is 11.8 Å². The van der Waals surface area contributed by atoms with Gasteiger partial charge >= 0.3 is 0 Å². The Labute approximate surface area is 162 Å². The van der Waals surface area contributed by atoms with E-state index in [0.717, 1.165) is 11.3 Å². The quantitative estimate of drug-likeness (QED) is 0.678. The van der Waals surface area contributed by atoms with E-state index in [1.54, 1.807) is 27.8 Å². The minimum absolute atomic E-state index is 0.108. The fourth-order valence-corrected chi connectivity index (χ4v) is 3.37. The molecule has 1 atom stereocenters. The lowest BCUT2D eigenvalue weighted by molar-refractivity contribution is 0.0929. The van der Waals surface area contributed by atoms with Crippen LogP contribution in [0.15, 0.2) is 48.8 Å². The van der Waals surface area contributed by atoms with Crippen molar-refractivity contribution in [3.8, 4) is 0 Å². The summed E-state index contributed by atoms with van der Waals surface area (Å²) in [5, 5.41) is 14.4. The van der Waals surface area contributed by atoms with E-state index in [9.17, 15) is 9.59 Å². The summed E-state index contributed by atoms with van der Waals surface area (Å²) in [6, 6.07) is 11.4. The van der Waals surface area contributed by atoms with Crippen LogP contribution in [0.2, 0.25) is 0 Å². The number of aromatic nitrogens is 4. The van der Waals surface area contributed by atoms with Crippen LogP contribution < -0.4 is 10.6 Å². The van der Waals surface area contributed by atoms with Gasteiger partial charge in [-0.3, -0.25) is 19.0 Å². The number of aryl methyl sites for hydroxylation is 1. The van der Waals surface area contributed by atoms with E-state index in [1.807, 2.05) is 37.3 Å². The summed E-state index contributed by atoms with van der Waals surface area (Å²) < 4.78 is 3.50. The lowest BCUT2D eigenvalue weighted by atomic mass is 10.1. The molecule has 1 aromatic carbocycles. The minimum Gasteiger partial charge on any atom is -0.348 e. The molecule has 144 valence electrons. The summed E-state index contributed by atoms with van der Waals surface area (Å²) in [6.45, 7) is 3.69. The molecule has 8 nitrogen and oxygen atoms in total. The van der Waals surface area contributed by atoms with Gasteiger partial charge in [-0.05, 0) is 18.6 Å². The predicted molar refractivity (Wildman–Crippen MR) is 103 cm³/mol. The lowest BCUT2D eigenvalue weighted by Crippen LogP contribution is -2.36. The molecule has 0 spiro atoms. The van der Waals surface area contributed by atoms with Crippen LogP contribution in [0.25, 0.3) is 0 Å². The van der Waals surface area contributed by atoms with Crippen molar-refractivity contribution in [2.45, 2.75) is 39.0 Å². The molecule has 0 unspecified atom stereocenters. The van der Waals surface area contributed by atoms with Gasteiger partial charge in [0.1, 0.15) is 5.69 Å². The smallest absolute Gasteiger partial charge is 0.272 e. The average molecular weight is 378 g/mol. The van der Waals surface area contributed by atoms with E-state index < -0.39 is 0 Å². The average Bonchev–Trinajstić information content (AvgIpc) is 3.42. The number of hydrogen-bond donors (Lipinski definition) is 2. The van der Waals surface area contributed by atoms with Crippen LogP contribution in [-0.2, 0) is 26.1 Å². The van der Waals surface area contributed by atoms with E-state index in [2.05, 4.69) is 20.8 Å². The maximum atomic E-state index is 12.6. The first-order chi connectivity index (χ1) is 13.6. The van der Waals surface area contributed by atoms with Crippen molar-refractivity contribution in [1.29, 1.82) is 0 Å². The summed E-state index contributed by atoms with van der Waals surface area (Å²) in [4.78, 5) is 24.9. The van der Waals surface area contributed by atoms with Gasteiger partial charge in [0.2, 0.25) is 0 Å². The number of nitrogens with one attached hydrogen (secondary N) is 2. The Balaban J connectivity index is 1.37. The second-order valence-corrected chi connectivity index (χ2v) is 6.79. The topological polar surface area (TPSA) is 93.8 Å². The second kappa shape index (κ2) is 7.67. The number of amides is 2. The first-order valence-corrected chi connectivity index (χ1v) is 9.35. The molecule has 4 rings (SSSR count). The molecule has 8 heteroatoms. The van der Waals surface area contributed by atoms with Gasteiger partial charge in [-0.2, -0.15) is 10.2 Å². The Morgan fingerprint density at radius 3 is 2.75 bits per heavy atom. The highest BCUT2D eigenvalue weighted by Gasteiger charge is 2.29. The molecule has 2 aromatic heterocycles. The molecular formula is C20H22N6O2. The maximum Gasteiger partial charge on any atom is 0.272 e. The first-order valence-electron chi connectivity index (χ1n) is 9.35. The van der Waals surface area contributed by atoms with E-state index in [0.29, 0.717) is 37.3 Å². The SMILES string of the molecule is CCn1ccc(C(=O)N[C@H]2Cc3c(C(=O)NCc4ccccc4)cnn3C2)n1. The number of carbonyl (C=O) groups is 2. The Morgan fingerprint density at radius 1 is 1.18 bits per heavy atom. The third kappa shape index (κ3) is 3.66. The fourth-order valence-electron chi connectivity index (χ4n) is 3.37. The van der Waals surface area contributed by atoms with Gasteiger partial charge in [0, 0.05) is 25.7 Å². The van der Waals surface area contributed by atoms with Crippen molar-refractivity contribution in [2.24, 2.45) is 0 Å². The third-order valence-corrected chi connectivity index (χ3v) is 4.85. The Morgan fingerprint density at radius 2 is 2.00 bits per heavy atom. The summed E-state index contributed by atoms with van der Waals surface area (Å²) >= 11 is 0. The molecule has 2 amide bonds. The highest BCUT2D eigenvalue weighted by Crippen LogP contribution is 2.19. The molecule has 0 saturated carbocycles. The largest absolute Gasteiger partial charge is 0.348 e. The van der Waals surface area contributed by atoms with Crippen molar-refractivity contribution in [3.05, 3.63) is 71.3 Å². The molecule has 3 heterocycles. The molecule has 28 heavy (non-hydrogen) atoms. The third-order valence-electron chi connectivity index (χ3n) is 4.85. The van der Waals surface area contributed by atoms with Crippen molar-refractivity contribution < 1.29 is 9.59 Å². The summed E-state index contributed by atoms with van der Waals surface area (Å²) in [7, 11) is 0. The number of carbonyl (C=O) groups excluding carboxylic acids is 2. The molecule has 1 aliphatic heterocycles. The van der Waals surface area contributed by atoms with E-state index >= 15 is 0 Å². The zero-order valence-electron chi connectivity index (χ0n) is 15.6. The molecule has 0 fully saturated rings. The van der Waals surface area contributed by atoms with Crippen molar-refractivity contribution in [1.82, 2.24) is 30.2 Å². The monoisotopic (exact) mass is 378 g/mol. The highest BCUT2D eigenvalue weighted by atomic mass is 16.2. The molecule has 0 aliphatic carbocycles. The van der Waals surface area contributed by atoms with Gasteiger partial charge in [-0.25, -0.2) is 0 Å². The van der Waals surface area contributed by atoms with Crippen LogP contribution in [0.4, 0.5) is 0 Å². The zero-order chi connectivity index (χ0) is 19.5. The van der Waals surface area contributed by atoms with Crippen LogP contribution in [0.1, 0.15) is 39.0 Å². The van der Waals surface area contributed by atoms with Crippen LogP contribution in [0, 0.1) is 0 Å². The van der Waals surface area contributed by atoms with Crippen LogP contribution in [0.5, 0.6) is 0 Å². The lowest BCUT2D eigenvalue weighted by Gasteiger charge is -2.10. The van der Waals surface area contributed by atoms with Gasteiger partial charge in [0.05, 0.1) is 30.0 Å². The Kier molecular flexibility index (Phi) is 4.92. The normalized spacial score (nSPS) is 15.2. The second-order valence-electron chi connectivity index (χ2n) is 6.79. The number of benzene rings is 1. The first kappa shape index (κ1) is 18.0. The minimum atomic E-state index is -0.210. The van der Waals surface area contributed by atoms with Crippen LogP contribution >= 0.6 is 0 Å². The number of fused-ring (bicyclic) bond motifs is 1. The van der Waals surface area contributed by atoms with Crippen LogP contribution in [0.3, 0.4) is 0 Å². The van der Waals surface area contributed by atoms with E-state index in [1.165, 1.54) is 0 Å². The molecule has 0 radical (unpaired) electrons. The van der Waals surface area contributed by atoms with E-state index in [4.69, 9.17) is 0 Å². The predicted octanol–water partition coefficient (Wildman–Crippen LogP) is 1.38. The molecule has 0 bridgehead atoms. The molecule has 3 aromatic rings. The molecule has 1 aliphatic rings. The molecule has 0 saturated heterocycles. The standard InChI is InChI=1S/C20H22N6O2/c1-2-25-9-8-17(24-25)20(28)23-15-10-18-16(12-22-26(18)13-15)19(27)21-11-14-6-4-3-5-7-14/h3-9,12,15H,2,10-11,13H2,1H3,(H,21,27)(H,23,28)/t15-/m0/s1. The van der Waals surface area contributed by atoms with Gasteiger partial charge in [-0.15, -0.1) is 0 Å². The zero-order valence-corrected chi connectivity index (χ0v) is 15.6. The summed E-state index contributed by atoms with van der Waals surface area (Å²) in [5.74, 6) is -0.364. The highest BCUT2D eigenvalue weighted by molar-refractivity contribution is 5.95. The molecular weight excluding hydrogens is 356 g/mol. The van der Waals surface area contributed by atoms with Crippen molar-refractivity contribution >= 4 is 11.8 Å². The van der Waals surface area contributed by atoms with Crippen molar-refractivity contribution in [3.63, 3.8) is 0 Å². The number of nitrogens with zero attached hydrogens (tertiary/aromatic N) is 4. The van der Waals surface area contributed by atoms with E-state index in [-0.39, 0.29) is 17.9 Å². The van der Waals surface area contributed by atoms with Crippen LogP contribution in [-0.4, -0.2) is 37.4 Å². The summed E-state index contributed by atoms with van der Waals surface area (Å²) in [5.41, 5.74) is 2.83. The fraction of sp³-hybridized carbons (Fsp3) is 0.300. The Bertz CT molecular complexity index is 991. The van der Waals surface area contributed by atoms with Crippen molar-refractivity contribution in [2.75, 3.05) is 0 Å². The summed E-state index contributed by atoms with van der Waals surface area (Å²) in [6.07, 6.45) is 3.94. The van der Waals surface area contributed by atoms with Gasteiger partial charge in [-0.1, -0.05) is 30.3 Å². The number of rotatable bonds is 6. The van der Waals surface area contributed by atoms with Gasteiger partial charge in [0.15, 0.2) is 0 Å². The Hall–Kier alpha value is -3.42. The van der Waals surface area contributed by atoms with Gasteiger partial charge < -0.3 is 10.6 Å².